The maximum absolute atomic E-state index is 13.6. The molecule has 0 aromatic heterocycles. The van der Waals surface area contributed by atoms with E-state index >= 15 is 0 Å². The minimum Gasteiger partial charge on any atom is -0.357 e. The molecule has 5 nitrogen and oxygen atoms in total. The van der Waals surface area contributed by atoms with Crippen molar-refractivity contribution in [1.82, 2.24) is 0 Å². The SMILES string of the molecule is CC1(C)CC(=O)C2=C(C1)Nc1ccccc1N(CC(=O)Nc1ccc(F)cc1)C2c1ccccc1. The fourth-order valence-corrected chi connectivity index (χ4v) is 5.10. The Labute approximate surface area is 204 Å². The molecule has 1 unspecified atom stereocenters. The molecule has 1 heterocycles. The predicted molar refractivity (Wildman–Crippen MR) is 137 cm³/mol. The topological polar surface area (TPSA) is 61.4 Å². The van der Waals surface area contributed by atoms with Crippen LogP contribution in [0.4, 0.5) is 21.5 Å². The third-order valence-corrected chi connectivity index (χ3v) is 6.56. The fourth-order valence-electron chi connectivity index (χ4n) is 5.10. The number of carbonyl (C=O) groups excluding carboxylic acids is 2. The molecular weight excluding hydrogens is 441 g/mol. The van der Waals surface area contributed by atoms with Crippen LogP contribution in [0.1, 0.15) is 38.3 Å². The van der Waals surface area contributed by atoms with Crippen LogP contribution in [0.2, 0.25) is 0 Å². The molecule has 2 aliphatic rings. The first-order chi connectivity index (χ1) is 16.8. The van der Waals surface area contributed by atoms with Crippen molar-refractivity contribution in [3.63, 3.8) is 0 Å². The van der Waals surface area contributed by atoms with Gasteiger partial charge in [-0.2, -0.15) is 0 Å². The van der Waals surface area contributed by atoms with Gasteiger partial charge in [-0.25, -0.2) is 4.39 Å². The quantitative estimate of drug-likeness (QED) is 0.486. The van der Waals surface area contributed by atoms with E-state index in [1.54, 1.807) is 0 Å². The van der Waals surface area contributed by atoms with Gasteiger partial charge in [0, 0.05) is 23.4 Å². The van der Waals surface area contributed by atoms with Crippen molar-refractivity contribution in [2.75, 3.05) is 22.1 Å². The van der Waals surface area contributed by atoms with Gasteiger partial charge in [-0.3, -0.25) is 9.59 Å². The third-order valence-electron chi connectivity index (χ3n) is 6.56. The Morgan fingerprint density at radius 1 is 1.00 bits per heavy atom. The summed E-state index contributed by atoms with van der Waals surface area (Å²) in [6.07, 6.45) is 1.18. The first kappa shape index (κ1) is 22.8. The minimum atomic E-state index is -0.426. The van der Waals surface area contributed by atoms with E-state index < -0.39 is 6.04 Å². The number of anilines is 3. The molecule has 1 aliphatic carbocycles. The first-order valence-corrected chi connectivity index (χ1v) is 11.8. The number of hydrogen-bond donors (Lipinski definition) is 2. The van der Waals surface area contributed by atoms with Crippen LogP contribution in [0.15, 0.2) is 90.1 Å². The number of hydrogen-bond acceptors (Lipinski definition) is 4. The zero-order chi connectivity index (χ0) is 24.6. The number of fused-ring (bicyclic) bond motifs is 1. The maximum atomic E-state index is 13.6. The smallest absolute Gasteiger partial charge is 0.243 e. The number of rotatable bonds is 4. The molecule has 0 saturated heterocycles. The van der Waals surface area contributed by atoms with Gasteiger partial charge in [0.15, 0.2) is 5.78 Å². The first-order valence-electron chi connectivity index (χ1n) is 11.8. The molecule has 5 rings (SSSR count). The Morgan fingerprint density at radius 2 is 1.69 bits per heavy atom. The summed E-state index contributed by atoms with van der Waals surface area (Å²) < 4.78 is 13.3. The zero-order valence-electron chi connectivity index (χ0n) is 19.8. The van der Waals surface area contributed by atoms with Gasteiger partial charge in [0.1, 0.15) is 5.82 Å². The van der Waals surface area contributed by atoms with Crippen molar-refractivity contribution in [2.24, 2.45) is 5.41 Å². The van der Waals surface area contributed by atoms with Gasteiger partial charge < -0.3 is 15.5 Å². The van der Waals surface area contributed by atoms with Gasteiger partial charge in [-0.15, -0.1) is 0 Å². The highest BCUT2D eigenvalue weighted by molar-refractivity contribution is 6.02. The van der Waals surface area contributed by atoms with E-state index in [0.717, 1.165) is 29.1 Å². The summed E-state index contributed by atoms with van der Waals surface area (Å²) in [5.41, 5.74) is 4.63. The van der Waals surface area contributed by atoms with E-state index in [1.165, 1.54) is 24.3 Å². The highest BCUT2D eigenvalue weighted by atomic mass is 19.1. The molecule has 0 radical (unpaired) electrons. The minimum absolute atomic E-state index is 0.0169. The van der Waals surface area contributed by atoms with Crippen LogP contribution in [0.25, 0.3) is 0 Å². The van der Waals surface area contributed by atoms with Crippen molar-refractivity contribution in [3.8, 4) is 0 Å². The van der Waals surface area contributed by atoms with Crippen LogP contribution >= 0.6 is 0 Å². The van der Waals surface area contributed by atoms with E-state index in [2.05, 4.69) is 24.5 Å². The standard InChI is InChI=1S/C29H28FN3O2/c1-29(2)16-23-27(25(34)17-29)28(19-8-4-3-5-9-19)33(24-11-7-6-10-22(24)32-23)18-26(35)31-21-14-12-20(30)13-15-21/h3-15,28,32H,16-18H2,1-2H3,(H,31,35). The van der Waals surface area contributed by atoms with Crippen LogP contribution in [-0.4, -0.2) is 18.2 Å². The van der Waals surface area contributed by atoms with Crippen molar-refractivity contribution in [3.05, 3.63) is 102 Å². The van der Waals surface area contributed by atoms with Crippen LogP contribution < -0.4 is 15.5 Å². The van der Waals surface area contributed by atoms with Crippen molar-refractivity contribution in [1.29, 1.82) is 0 Å². The van der Waals surface area contributed by atoms with Crippen molar-refractivity contribution < 1.29 is 14.0 Å². The second-order valence-corrected chi connectivity index (χ2v) is 9.97. The highest BCUT2D eigenvalue weighted by Gasteiger charge is 2.41. The van der Waals surface area contributed by atoms with Gasteiger partial charge in [0.2, 0.25) is 5.91 Å². The lowest BCUT2D eigenvalue weighted by Crippen LogP contribution is -2.40. The van der Waals surface area contributed by atoms with Crippen LogP contribution in [0.3, 0.4) is 0 Å². The van der Waals surface area contributed by atoms with Crippen LogP contribution in [-0.2, 0) is 9.59 Å². The second kappa shape index (κ2) is 9.02. The number of para-hydroxylation sites is 2. The van der Waals surface area contributed by atoms with Gasteiger partial charge >= 0.3 is 0 Å². The Kier molecular flexibility index (Phi) is 5.89. The zero-order valence-corrected chi connectivity index (χ0v) is 19.8. The monoisotopic (exact) mass is 469 g/mol. The van der Waals surface area contributed by atoms with Gasteiger partial charge in [0.25, 0.3) is 0 Å². The lowest BCUT2D eigenvalue weighted by atomic mass is 9.73. The lowest BCUT2D eigenvalue weighted by molar-refractivity contribution is -0.119. The van der Waals surface area contributed by atoms with E-state index in [9.17, 15) is 14.0 Å². The summed E-state index contributed by atoms with van der Waals surface area (Å²) >= 11 is 0. The van der Waals surface area contributed by atoms with E-state index in [4.69, 9.17) is 0 Å². The normalized spacial score (nSPS) is 18.8. The molecule has 1 amide bonds. The van der Waals surface area contributed by atoms with Crippen LogP contribution in [0.5, 0.6) is 0 Å². The second-order valence-electron chi connectivity index (χ2n) is 9.97. The largest absolute Gasteiger partial charge is 0.357 e. The molecule has 2 N–H and O–H groups in total. The maximum Gasteiger partial charge on any atom is 0.243 e. The summed E-state index contributed by atoms with van der Waals surface area (Å²) in [6, 6.07) is 22.9. The van der Waals surface area contributed by atoms with Gasteiger partial charge in [-0.05, 0) is 53.8 Å². The molecule has 6 heteroatoms. The highest BCUT2D eigenvalue weighted by Crippen LogP contribution is 2.48. The molecule has 178 valence electrons. The Bertz CT molecular complexity index is 1300. The molecule has 0 fully saturated rings. The third kappa shape index (κ3) is 4.69. The number of allylic oxidation sites excluding steroid dienone is 1. The lowest BCUT2D eigenvalue weighted by Gasteiger charge is -2.37. The number of benzene rings is 3. The molecule has 0 saturated carbocycles. The molecular formula is C29H28FN3O2. The Morgan fingerprint density at radius 3 is 2.43 bits per heavy atom. The average Bonchev–Trinajstić information content (AvgIpc) is 2.95. The number of halogens is 1. The summed E-state index contributed by atoms with van der Waals surface area (Å²) in [5, 5.41) is 6.42. The summed E-state index contributed by atoms with van der Waals surface area (Å²) in [5.74, 6) is -0.521. The summed E-state index contributed by atoms with van der Waals surface area (Å²) in [6.45, 7) is 4.24. The fraction of sp³-hybridized carbons (Fsp3) is 0.241. The Hall–Kier alpha value is -3.93. The van der Waals surface area contributed by atoms with Gasteiger partial charge in [0.05, 0.1) is 24.0 Å². The summed E-state index contributed by atoms with van der Waals surface area (Å²) in [7, 11) is 0. The van der Waals surface area contributed by atoms with Crippen molar-refractivity contribution >= 4 is 28.8 Å². The number of nitrogens with zero attached hydrogens (tertiary/aromatic N) is 1. The molecule has 0 spiro atoms. The number of Topliss-reactive ketones (excluding diaryl/α,β-unsaturated/α-hetero) is 1. The number of ketones is 1. The summed E-state index contributed by atoms with van der Waals surface area (Å²) in [4.78, 5) is 28.9. The van der Waals surface area contributed by atoms with Crippen LogP contribution in [0, 0.1) is 11.2 Å². The average molecular weight is 470 g/mol. The number of amides is 1. The van der Waals surface area contributed by atoms with Crippen molar-refractivity contribution in [2.45, 2.75) is 32.7 Å². The Balaban J connectivity index is 1.61. The predicted octanol–water partition coefficient (Wildman–Crippen LogP) is 6.08. The molecule has 3 aromatic carbocycles. The van der Waals surface area contributed by atoms with Gasteiger partial charge in [-0.1, -0.05) is 56.3 Å². The number of nitrogens with one attached hydrogen (secondary N) is 2. The van der Waals surface area contributed by atoms with E-state index in [1.807, 2.05) is 59.5 Å². The molecule has 0 bridgehead atoms. The molecule has 1 atom stereocenters. The molecule has 35 heavy (non-hydrogen) atoms. The van der Waals surface area contributed by atoms with E-state index in [0.29, 0.717) is 17.7 Å². The molecule has 1 aliphatic heterocycles. The molecule has 3 aromatic rings. The number of carbonyl (C=O) groups is 2. The van der Waals surface area contributed by atoms with E-state index in [-0.39, 0.29) is 29.5 Å².